The Bertz CT molecular complexity index is 960. The van der Waals surface area contributed by atoms with E-state index >= 15 is 0 Å². The Labute approximate surface area is 180 Å². The topological polar surface area (TPSA) is 58.6 Å². The van der Waals surface area contributed by atoms with Crippen LogP contribution >= 0.6 is 23.7 Å². The van der Waals surface area contributed by atoms with Crippen molar-refractivity contribution in [1.29, 1.82) is 0 Å². The molecule has 4 rings (SSSR count). The number of benzene rings is 1. The first kappa shape index (κ1) is 21.2. The Balaban J connectivity index is 0.00000240. The third kappa shape index (κ3) is 4.75. The highest BCUT2D eigenvalue weighted by molar-refractivity contribution is 7.13. The van der Waals surface area contributed by atoms with E-state index in [0.29, 0.717) is 32.1 Å². The monoisotopic (exact) mass is 430 g/mol. The van der Waals surface area contributed by atoms with Gasteiger partial charge in [-0.05, 0) is 31.4 Å². The minimum absolute atomic E-state index is 0. The quantitative estimate of drug-likeness (QED) is 0.625. The molecule has 1 saturated heterocycles. The maximum Gasteiger partial charge on any atom is 0.254 e. The summed E-state index contributed by atoms with van der Waals surface area (Å²) >= 11 is 1.64. The molecule has 0 atom stereocenters. The van der Waals surface area contributed by atoms with E-state index in [1.165, 1.54) is 0 Å². The number of carbonyl (C=O) groups is 1. The van der Waals surface area contributed by atoms with E-state index in [1.54, 1.807) is 16.4 Å². The normalized spacial score (nSPS) is 14.3. The fraction of sp³-hybridized carbons (Fsp3) is 0.286. The molecule has 152 valence electrons. The van der Waals surface area contributed by atoms with Gasteiger partial charge in [0, 0.05) is 40.9 Å². The van der Waals surface area contributed by atoms with E-state index in [0.717, 1.165) is 27.5 Å². The van der Waals surface area contributed by atoms with Crippen LogP contribution in [0.25, 0.3) is 10.4 Å². The van der Waals surface area contributed by atoms with Crippen LogP contribution in [-0.4, -0.2) is 47.0 Å². The highest BCUT2D eigenvalue weighted by Crippen LogP contribution is 2.29. The second kappa shape index (κ2) is 9.35. The van der Waals surface area contributed by atoms with Gasteiger partial charge >= 0.3 is 0 Å². The van der Waals surface area contributed by atoms with Crippen molar-refractivity contribution in [2.45, 2.75) is 13.8 Å². The molecule has 29 heavy (non-hydrogen) atoms. The van der Waals surface area contributed by atoms with E-state index < -0.39 is 0 Å². The summed E-state index contributed by atoms with van der Waals surface area (Å²) < 4.78 is 0. The Morgan fingerprint density at radius 2 is 1.90 bits per heavy atom. The van der Waals surface area contributed by atoms with Gasteiger partial charge in [0.2, 0.25) is 0 Å². The number of carbonyl (C=O) groups excluding carboxylic acids is 1. The Kier molecular flexibility index (Phi) is 6.84. The molecule has 0 N–H and O–H groups in total. The lowest BCUT2D eigenvalue weighted by Crippen LogP contribution is -2.35. The summed E-state index contributed by atoms with van der Waals surface area (Å²) in [5.74, 6) is 1.48. The van der Waals surface area contributed by atoms with Crippen LogP contribution in [0.1, 0.15) is 21.9 Å². The number of hydrogen-bond acceptors (Lipinski definition) is 6. The predicted molar refractivity (Wildman–Crippen MR) is 118 cm³/mol. The highest BCUT2D eigenvalue weighted by atomic mass is 35.5. The molecule has 0 radical (unpaired) electrons. The zero-order chi connectivity index (χ0) is 19.5. The zero-order valence-electron chi connectivity index (χ0n) is 16.4. The Hall–Kier alpha value is -2.48. The first-order valence-electron chi connectivity index (χ1n) is 9.27. The summed E-state index contributed by atoms with van der Waals surface area (Å²) in [5.41, 5.74) is 2.60. The number of anilines is 1. The van der Waals surface area contributed by atoms with Gasteiger partial charge in [-0.2, -0.15) is 0 Å². The Morgan fingerprint density at radius 1 is 1.07 bits per heavy atom. The number of aryl methyl sites for hydroxylation is 2. The van der Waals surface area contributed by atoms with Crippen LogP contribution in [0.15, 0.2) is 47.8 Å². The summed E-state index contributed by atoms with van der Waals surface area (Å²) in [4.78, 5) is 30.9. The van der Waals surface area contributed by atoms with Gasteiger partial charge in [0.25, 0.3) is 5.91 Å². The predicted octanol–water partition coefficient (Wildman–Crippen LogP) is 4.14. The molecule has 1 aromatic carbocycles. The molecule has 1 aliphatic heterocycles. The summed E-state index contributed by atoms with van der Waals surface area (Å²) in [6.45, 7) is 5.90. The summed E-state index contributed by atoms with van der Waals surface area (Å²) in [7, 11) is 0. The number of amides is 1. The molecule has 3 heterocycles. The van der Waals surface area contributed by atoms with Crippen molar-refractivity contribution in [3.63, 3.8) is 0 Å². The molecule has 1 amide bonds. The van der Waals surface area contributed by atoms with E-state index in [2.05, 4.69) is 9.97 Å². The standard InChI is InChI=1S/C21H22N4O2S.ClH/c1-15-14-20(23-16(2)22-15)25-10-9-24(11-12-27-25)21(26)18-7-4-3-6-17(18)19-8-5-13-28-19;/h3-8,13-14H,9-12H2,1-2H3;1H. The van der Waals surface area contributed by atoms with E-state index in [4.69, 9.17) is 4.84 Å². The molecule has 8 heteroatoms. The maximum atomic E-state index is 13.3. The van der Waals surface area contributed by atoms with Gasteiger partial charge in [0.1, 0.15) is 5.82 Å². The average molecular weight is 431 g/mol. The van der Waals surface area contributed by atoms with Crippen molar-refractivity contribution < 1.29 is 9.63 Å². The molecule has 0 saturated carbocycles. The third-order valence-electron chi connectivity index (χ3n) is 4.62. The first-order valence-corrected chi connectivity index (χ1v) is 10.1. The number of halogens is 1. The van der Waals surface area contributed by atoms with Crippen molar-refractivity contribution in [3.8, 4) is 10.4 Å². The molecule has 3 aromatic rings. The van der Waals surface area contributed by atoms with Crippen molar-refractivity contribution in [2.75, 3.05) is 31.3 Å². The largest absolute Gasteiger partial charge is 0.334 e. The van der Waals surface area contributed by atoms with Crippen LogP contribution in [0, 0.1) is 13.8 Å². The average Bonchev–Trinajstić information content (AvgIpc) is 3.11. The minimum Gasteiger partial charge on any atom is -0.334 e. The summed E-state index contributed by atoms with van der Waals surface area (Å²) in [6.07, 6.45) is 0. The van der Waals surface area contributed by atoms with Gasteiger partial charge in [0.05, 0.1) is 13.2 Å². The second-order valence-corrected chi connectivity index (χ2v) is 7.61. The van der Waals surface area contributed by atoms with Crippen molar-refractivity contribution in [3.05, 3.63) is 64.9 Å². The molecule has 2 aromatic heterocycles. The molecule has 0 aliphatic carbocycles. The molecular formula is C21H23ClN4O2S. The molecular weight excluding hydrogens is 408 g/mol. The third-order valence-corrected chi connectivity index (χ3v) is 5.52. The highest BCUT2D eigenvalue weighted by Gasteiger charge is 2.24. The van der Waals surface area contributed by atoms with Gasteiger partial charge in [-0.25, -0.2) is 15.0 Å². The summed E-state index contributed by atoms with van der Waals surface area (Å²) in [5, 5.41) is 3.79. The molecule has 1 aliphatic rings. The second-order valence-electron chi connectivity index (χ2n) is 6.67. The SMILES string of the molecule is Cc1cc(N2CCN(C(=O)c3ccccc3-c3cccs3)CCO2)nc(C)n1.Cl. The lowest BCUT2D eigenvalue weighted by Gasteiger charge is -2.22. The maximum absolute atomic E-state index is 13.3. The van der Waals surface area contributed by atoms with Crippen molar-refractivity contribution in [1.82, 2.24) is 14.9 Å². The van der Waals surface area contributed by atoms with E-state index in [1.807, 2.05) is 66.6 Å². The van der Waals surface area contributed by atoms with Crippen LogP contribution in [0.2, 0.25) is 0 Å². The van der Waals surface area contributed by atoms with Crippen molar-refractivity contribution >= 4 is 35.5 Å². The minimum atomic E-state index is 0. The van der Waals surface area contributed by atoms with Gasteiger partial charge in [0.15, 0.2) is 5.82 Å². The number of hydrogen-bond donors (Lipinski definition) is 0. The van der Waals surface area contributed by atoms with Crippen LogP contribution in [0.4, 0.5) is 5.82 Å². The number of aromatic nitrogens is 2. The molecule has 6 nitrogen and oxygen atoms in total. The molecule has 0 unspecified atom stereocenters. The number of hydroxylamine groups is 1. The van der Waals surface area contributed by atoms with E-state index in [-0.39, 0.29) is 18.3 Å². The number of rotatable bonds is 3. The van der Waals surface area contributed by atoms with Gasteiger partial charge < -0.3 is 4.90 Å². The Morgan fingerprint density at radius 3 is 2.66 bits per heavy atom. The smallest absolute Gasteiger partial charge is 0.254 e. The van der Waals surface area contributed by atoms with Gasteiger partial charge in [-0.3, -0.25) is 9.63 Å². The van der Waals surface area contributed by atoms with Crippen LogP contribution in [0.3, 0.4) is 0 Å². The number of nitrogens with zero attached hydrogens (tertiary/aromatic N) is 4. The zero-order valence-corrected chi connectivity index (χ0v) is 18.0. The summed E-state index contributed by atoms with van der Waals surface area (Å²) in [6, 6.07) is 13.7. The lowest BCUT2D eigenvalue weighted by molar-refractivity contribution is 0.0731. The van der Waals surface area contributed by atoms with Crippen molar-refractivity contribution in [2.24, 2.45) is 0 Å². The van der Waals surface area contributed by atoms with Crippen LogP contribution < -0.4 is 5.06 Å². The van der Waals surface area contributed by atoms with Crippen LogP contribution in [0.5, 0.6) is 0 Å². The van der Waals surface area contributed by atoms with E-state index in [9.17, 15) is 4.79 Å². The fourth-order valence-corrected chi connectivity index (χ4v) is 4.11. The molecule has 0 bridgehead atoms. The van der Waals surface area contributed by atoms with Gasteiger partial charge in [-0.1, -0.05) is 24.3 Å². The lowest BCUT2D eigenvalue weighted by atomic mass is 10.0. The van der Waals surface area contributed by atoms with Gasteiger partial charge in [-0.15, -0.1) is 23.7 Å². The molecule has 0 spiro atoms. The first-order chi connectivity index (χ1) is 13.6. The fourth-order valence-electron chi connectivity index (χ4n) is 3.34. The van der Waals surface area contributed by atoms with Crippen LogP contribution in [-0.2, 0) is 4.84 Å². The molecule has 1 fully saturated rings. The number of thiophene rings is 1.